The number of nitrogens with zero attached hydrogens (tertiary/aromatic N) is 2. The van der Waals surface area contributed by atoms with Gasteiger partial charge in [-0.05, 0) is 48.6 Å². The quantitative estimate of drug-likeness (QED) is 0.849. The van der Waals surface area contributed by atoms with Crippen LogP contribution in [-0.2, 0) is 0 Å². The number of urea groups is 1. The molecule has 0 unspecified atom stereocenters. The number of carbonyl (C=O) groups is 1. The van der Waals surface area contributed by atoms with Crippen LogP contribution < -0.4 is 5.32 Å². The van der Waals surface area contributed by atoms with Gasteiger partial charge in [-0.3, -0.25) is 4.98 Å². The van der Waals surface area contributed by atoms with E-state index in [0.717, 1.165) is 29.5 Å². The van der Waals surface area contributed by atoms with E-state index in [1.54, 1.807) is 24.3 Å². The number of carbonyl (C=O) groups excluding carboxylic acids is 1. The van der Waals surface area contributed by atoms with Crippen LogP contribution in [0.15, 0.2) is 48.8 Å². The molecule has 132 valence electrons. The standard InChI is InChI=1S/C20H25N3O2/c1-15(22-19(25)23(2)13-20(14-24)9-10-20)16-3-5-17(6-4-16)18-7-11-21-12-8-18/h3-8,11-12,15,24H,9-10,13-14H2,1-2H3,(H,22,25)/t15-/m1/s1. The van der Waals surface area contributed by atoms with Crippen molar-refractivity contribution in [1.82, 2.24) is 15.2 Å². The smallest absolute Gasteiger partial charge is 0.317 e. The summed E-state index contributed by atoms with van der Waals surface area (Å²) in [6.45, 7) is 2.73. The molecule has 1 atom stereocenters. The fourth-order valence-electron chi connectivity index (χ4n) is 3.01. The molecule has 0 bridgehead atoms. The molecular formula is C20H25N3O2. The van der Waals surface area contributed by atoms with Crippen LogP contribution in [0.2, 0.25) is 0 Å². The molecule has 0 aliphatic heterocycles. The second kappa shape index (κ2) is 7.23. The van der Waals surface area contributed by atoms with Crippen molar-refractivity contribution < 1.29 is 9.90 Å². The van der Waals surface area contributed by atoms with Crippen LogP contribution in [0, 0.1) is 5.41 Å². The predicted octanol–water partition coefficient (Wildman–Crippen LogP) is 3.22. The third-order valence-electron chi connectivity index (χ3n) is 4.98. The van der Waals surface area contributed by atoms with Gasteiger partial charge in [0.25, 0.3) is 0 Å². The van der Waals surface area contributed by atoms with Crippen molar-refractivity contribution in [2.24, 2.45) is 5.41 Å². The van der Waals surface area contributed by atoms with E-state index in [-0.39, 0.29) is 24.1 Å². The lowest BCUT2D eigenvalue weighted by Crippen LogP contribution is -2.42. The molecule has 0 radical (unpaired) electrons. The number of aromatic nitrogens is 1. The average molecular weight is 339 g/mol. The zero-order valence-electron chi connectivity index (χ0n) is 14.8. The highest BCUT2D eigenvalue weighted by molar-refractivity contribution is 5.74. The Bertz CT molecular complexity index is 711. The van der Waals surface area contributed by atoms with E-state index >= 15 is 0 Å². The van der Waals surface area contributed by atoms with Crippen molar-refractivity contribution in [3.8, 4) is 11.1 Å². The zero-order chi connectivity index (χ0) is 17.9. The highest BCUT2D eigenvalue weighted by atomic mass is 16.3. The van der Waals surface area contributed by atoms with E-state index in [9.17, 15) is 9.90 Å². The first kappa shape index (κ1) is 17.4. The molecule has 2 aromatic rings. The minimum atomic E-state index is -0.106. The molecule has 2 amide bonds. The second-order valence-electron chi connectivity index (χ2n) is 7.04. The van der Waals surface area contributed by atoms with Crippen LogP contribution >= 0.6 is 0 Å². The summed E-state index contributed by atoms with van der Waals surface area (Å²) < 4.78 is 0. The van der Waals surface area contributed by atoms with Crippen molar-refractivity contribution >= 4 is 6.03 Å². The van der Waals surface area contributed by atoms with Crippen LogP contribution in [0.3, 0.4) is 0 Å². The normalized spacial score (nSPS) is 16.1. The van der Waals surface area contributed by atoms with Gasteiger partial charge in [-0.15, -0.1) is 0 Å². The number of rotatable bonds is 6. The first-order valence-corrected chi connectivity index (χ1v) is 8.66. The van der Waals surface area contributed by atoms with Crippen molar-refractivity contribution in [3.05, 3.63) is 54.4 Å². The van der Waals surface area contributed by atoms with Gasteiger partial charge in [-0.1, -0.05) is 24.3 Å². The Morgan fingerprint density at radius 1 is 1.20 bits per heavy atom. The van der Waals surface area contributed by atoms with Crippen LogP contribution in [0.4, 0.5) is 4.79 Å². The maximum absolute atomic E-state index is 12.4. The molecule has 1 fully saturated rings. The van der Waals surface area contributed by atoms with Crippen molar-refractivity contribution in [3.63, 3.8) is 0 Å². The summed E-state index contributed by atoms with van der Waals surface area (Å²) in [6.07, 6.45) is 5.54. The number of hydrogen-bond donors (Lipinski definition) is 2. The van der Waals surface area contributed by atoms with Gasteiger partial charge in [0.2, 0.25) is 0 Å². The Labute approximate surface area is 148 Å². The fourth-order valence-corrected chi connectivity index (χ4v) is 3.01. The van der Waals surface area contributed by atoms with Gasteiger partial charge in [-0.2, -0.15) is 0 Å². The number of benzene rings is 1. The van der Waals surface area contributed by atoms with Gasteiger partial charge in [0, 0.05) is 31.4 Å². The Morgan fingerprint density at radius 3 is 2.36 bits per heavy atom. The number of nitrogens with one attached hydrogen (secondary N) is 1. The summed E-state index contributed by atoms with van der Waals surface area (Å²) in [7, 11) is 1.78. The van der Waals surface area contributed by atoms with Gasteiger partial charge in [-0.25, -0.2) is 4.79 Å². The molecule has 25 heavy (non-hydrogen) atoms. The first-order chi connectivity index (χ1) is 12.0. The summed E-state index contributed by atoms with van der Waals surface area (Å²) in [4.78, 5) is 18.1. The SMILES string of the molecule is C[C@@H](NC(=O)N(C)CC1(CO)CC1)c1ccc(-c2ccncc2)cc1. The highest BCUT2D eigenvalue weighted by Crippen LogP contribution is 2.45. The summed E-state index contributed by atoms with van der Waals surface area (Å²) in [6, 6.07) is 12.0. The molecule has 5 nitrogen and oxygen atoms in total. The van der Waals surface area contributed by atoms with Gasteiger partial charge in [0.15, 0.2) is 0 Å². The van der Waals surface area contributed by atoms with E-state index < -0.39 is 0 Å². The third kappa shape index (κ3) is 4.17. The van der Waals surface area contributed by atoms with Crippen LogP contribution in [0.25, 0.3) is 11.1 Å². The van der Waals surface area contributed by atoms with Crippen LogP contribution in [0.5, 0.6) is 0 Å². The molecule has 1 aromatic heterocycles. The number of pyridine rings is 1. The second-order valence-corrected chi connectivity index (χ2v) is 7.04. The molecule has 2 N–H and O–H groups in total. The summed E-state index contributed by atoms with van der Waals surface area (Å²) in [5.74, 6) is 0. The van der Waals surface area contributed by atoms with Gasteiger partial charge >= 0.3 is 6.03 Å². The lowest BCUT2D eigenvalue weighted by molar-refractivity contribution is 0.160. The first-order valence-electron chi connectivity index (χ1n) is 8.66. The zero-order valence-corrected chi connectivity index (χ0v) is 14.8. The summed E-state index contributed by atoms with van der Waals surface area (Å²) in [5.41, 5.74) is 3.24. The number of aliphatic hydroxyl groups excluding tert-OH is 1. The highest BCUT2D eigenvalue weighted by Gasteiger charge is 2.43. The van der Waals surface area contributed by atoms with Gasteiger partial charge in [0.05, 0.1) is 12.6 Å². The van der Waals surface area contributed by atoms with E-state index in [2.05, 4.69) is 22.4 Å². The van der Waals surface area contributed by atoms with E-state index in [0.29, 0.717) is 6.54 Å². The van der Waals surface area contributed by atoms with Crippen LogP contribution in [0.1, 0.15) is 31.4 Å². The minimum Gasteiger partial charge on any atom is -0.396 e. The number of amides is 2. The maximum atomic E-state index is 12.4. The van der Waals surface area contributed by atoms with Crippen molar-refractivity contribution in [1.29, 1.82) is 0 Å². The molecule has 5 heteroatoms. The van der Waals surface area contributed by atoms with Crippen molar-refractivity contribution in [2.75, 3.05) is 20.2 Å². The fraction of sp³-hybridized carbons (Fsp3) is 0.400. The van der Waals surface area contributed by atoms with E-state index in [1.807, 2.05) is 31.2 Å². The summed E-state index contributed by atoms with van der Waals surface area (Å²) in [5, 5.41) is 12.4. The van der Waals surface area contributed by atoms with Gasteiger partial charge < -0.3 is 15.3 Å². The molecule has 1 aliphatic rings. The minimum absolute atomic E-state index is 0.0679. The van der Waals surface area contributed by atoms with E-state index in [1.165, 1.54) is 0 Å². The molecular weight excluding hydrogens is 314 g/mol. The van der Waals surface area contributed by atoms with E-state index in [4.69, 9.17) is 0 Å². The van der Waals surface area contributed by atoms with Gasteiger partial charge in [0.1, 0.15) is 0 Å². The molecule has 0 spiro atoms. The molecule has 1 saturated carbocycles. The average Bonchev–Trinajstić information content (AvgIpc) is 3.42. The number of hydrogen-bond acceptors (Lipinski definition) is 3. The molecule has 3 rings (SSSR count). The molecule has 1 heterocycles. The Balaban J connectivity index is 1.59. The Kier molecular flexibility index (Phi) is 5.04. The maximum Gasteiger partial charge on any atom is 0.317 e. The summed E-state index contributed by atoms with van der Waals surface area (Å²) >= 11 is 0. The molecule has 0 saturated heterocycles. The monoisotopic (exact) mass is 339 g/mol. The molecule has 1 aromatic carbocycles. The largest absolute Gasteiger partial charge is 0.396 e. The lowest BCUT2D eigenvalue weighted by atomic mass is 10.0. The third-order valence-corrected chi connectivity index (χ3v) is 4.98. The molecule has 1 aliphatic carbocycles. The van der Waals surface area contributed by atoms with Crippen molar-refractivity contribution in [2.45, 2.75) is 25.8 Å². The van der Waals surface area contributed by atoms with Crippen LogP contribution in [-0.4, -0.2) is 41.2 Å². The Morgan fingerprint density at radius 2 is 1.80 bits per heavy atom. The number of aliphatic hydroxyl groups is 1. The topological polar surface area (TPSA) is 65.5 Å². The lowest BCUT2D eigenvalue weighted by Gasteiger charge is -2.25. The Hall–Kier alpha value is -2.40. The predicted molar refractivity (Wildman–Crippen MR) is 98.0 cm³/mol.